The minimum Gasteiger partial charge on any atom is -0.497 e. The van der Waals surface area contributed by atoms with E-state index in [0.717, 1.165) is 37.0 Å². The summed E-state index contributed by atoms with van der Waals surface area (Å²) >= 11 is 0. The lowest BCUT2D eigenvalue weighted by molar-refractivity contribution is -0.308. The van der Waals surface area contributed by atoms with Gasteiger partial charge in [-0.3, -0.25) is 4.79 Å². The zero-order chi connectivity index (χ0) is 26.0. The molecule has 1 heterocycles. The maximum Gasteiger partial charge on any atom is 0.220 e. The summed E-state index contributed by atoms with van der Waals surface area (Å²) in [6.45, 7) is 5.72. The predicted octanol–water partition coefficient (Wildman–Crippen LogP) is 4.88. The van der Waals surface area contributed by atoms with E-state index in [0.29, 0.717) is 31.9 Å². The molecule has 2 N–H and O–H groups in total. The van der Waals surface area contributed by atoms with E-state index in [1.54, 1.807) is 7.11 Å². The lowest BCUT2D eigenvalue weighted by atomic mass is 9.46. The molecule has 200 valence electrons. The molecule has 5 rings (SSSR count). The number of nitrogens with one attached hydrogen (secondary N) is 1. The van der Waals surface area contributed by atoms with Gasteiger partial charge < -0.3 is 24.6 Å². The average Bonchev–Trinajstić information content (AvgIpc) is 2.90. The molecule has 1 saturated heterocycles. The molecule has 3 fully saturated rings. The molecule has 7 atom stereocenters. The topological polar surface area (TPSA) is 77.0 Å². The van der Waals surface area contributed by atoms with Crippen LogP contribution in [-0.2, 0) is 27.2 Å². The molecule has 0 spiro atoms. The fourth-order valence-electron chi connectivity index (χ4n) is 7.42. The highest BCUT2D eigenvalue weighted by molar-refractivity contribution is 5.76. The van der Waals surface area contributed by atoms with Gasteiger partial charge in [0.05, 0.1) is 25.9 Å². The van der Waals surface area contributed by atoms with Crippen molar-refractivity contribution < 1.29 is 24.1 Å². The van der Waals surface area contributed by atoms with Crippen LogP contribution in [0, 0.1) is 22.7 Å². The molecule has 1 amide bonds. The van der Waals surface area contributed by atoms with Crippen LogP contribution in [0.5, 0.6) is 5.75 Å². The van der Waals surface area contributed by atoms with Gasteiger partial charge in [-0.1, -0.05) is 56.3 Å². The zero-order valence-electron chi connectivity index (χ0n) is 22.3. The second-order valence-corrected chi connectivity index (χ2v) is 11.7. The summed E-state index contributed by atoms with van der Waals surface area (Å²) in [4.78, 5) is 13.1. The van der Waals surface area contributed by atoms with Crippen molar-refractivity contribution >= 4 is 5.91 Å². The van der Waals surface area contributed by atoms with Crippen molar-refractivity contribution in [2.24, 2.45) is 22.7 Å². The zero-order valence-corrected chi connectivity index (χ0v) is 22.3. The first-order valence-electron chi connectivity index (χ1n) is 13.7. The SMILES string of the molecule is COc1ccc(CNC(=O)CC2C(O)CCC3C4(C)COC(Cc5ccccc5)OC4CCC23C)cc1. The Balaban J connectivity index is 1.24. The predicted molar refractivity (Wildman–Crippen MR) is 142 cm³/mol. The molecule has 1 aliphatic heterocycles. The number of aliphatic hydroxyl groups is 1. The number of carbonyl (C=O) groups excluding carboxylic acids is 1. The van der Waals surface area contributed by atoms with Crippen LogP contribution in [0.25, 0.3) is 0 Å². The van der Waals surface area contributed by atoms with Gasteiger partial charge in [-0.15, -0.1) is 0 Å². The minimum atomic E-state index is -0.468. The Labute approximate surface area is 220 Å². The van der Waals surface area contributed by atoms with Crippen LogP contribution < -0.4 is 10.1 Å². The number of benzene rings is 2. The average molecular weight is 508 g/mol. The summed E-state index contributed by atoms with van der Waals surface area (Å²) in [7, 11) is 1.64. The molecule has 6 nitrogen and oxygen atoms in total. The van der Waals surface area contributed by atoms with Crippen LogP contribution in [0.1, 0.15) is 57.1 Å². The van der Waals surface area contributed by atoms with Gasteiger partial charge in [0.15, 0.2) is 6.29 Å². The van der Waals surface area contributed by atoms with Crippen LogP contribution in [-0.4, -0.2) is 43.2 Å². The summed E-state index contributed by atoms with van der Waals surface area (Å²) in [6, 6.07) is 18.1. The molecule has 0 aromatic heterocycles. The summed E-state index contributed by atoms with van der Waals surface area (Å²) in [5, 5.41) is 14.2. The van der Waals surface area contributed by atoms with Crippen LogP contribution in [0.15, 0.2) is 54.6 Å². The molecule has 3 aliphatic rings. The van der Waals surface area contributed by atoms with Gasteiger partial charge in [0.2, 0.25) is 5.91 Å². The van der Waals surface area contributed by atoms with Gasteiger partial charge in [0.25, 0.3) is 0 Å². The molecule has 2 aromatic rings. The maximum atomic E-state index is 13.1. The van der Waals surface area contributed by atoms with Crippen molar-refractivity contribution in [3.63, 3.8) is 0 Å². The molecular formula is C31H41NO5. The quantitative estimate of drug-likeness (QED) is 0.559. The van der Waals surface area contributed by atoms with Crippen molar-refractivity contribution in [2.45, 2.75) is 77.4 Å². The number of rotatable bonds is 7. The second-order valence-electron chi connectivity index (χ2n) is 11.7. The summed E-state index contributed by atoms with van der Waals surface area (Å²) in [5.74, 6) is 1.04. The number of carbonyl (C=O) groups is 1. The highest BCUT2D eigenvalue weighted by Crippen LogP contribution is 2.62. The molecule has 2 aromatic carbocycles. The van der Waals surface area contributed by atoms with E-state index in [1.165, 1.54) is 5.56 Å². The standard InChI is InChI=1S/C31H41NO5/c1-30-16-15-27-31(2,20-36-29(37-27)17-21-7-5-4-6-8-21)26(30)14-13-25(33)24(30)18-28(34)32-19-22-9-11-23(35-3)12-10-22/h4-12,24-27,29,33H,13-20H2,1-3H3,(H,32,34). The van der Waals surface area contributed by atoms with Crippen LogP contribution in [0.3, 0.4) is 0 Å². The van der Waals surface area contributed by atoms with E-state index in [1.807, 2.05) is 30.3 Å². The fraction of sp³-hybridized carbons (Fsp3) is 0.581. The Morgan fingerprint density at radius 1 is 1.03 bits per heavy atom. The summed E-state index contributed by atoms with van der Waals surface area (Å²) in [6.07, 6.45) is 4.06. The second kappa shape index (κ2) is 10.8. The van der Waals surface area contributed by atoms with E-state index >= 15 is 0 Å². The van der Waals surface area contributed by atoms with Gasteiger partial charge in [-0.25, -0.2) is 0 Å². The monoisotopic (exact) mass is 507 g/mol. The molecule has 2 aliphatic carbocycles. The van der Waals surface area contributed by atoms with E-state index in [2.05, 4.69) is 43.4 Å². The first-order chi connectivity index (χ1) is 17.8. The normalized spacial score (nSPS) is 35.2. The Bertz CT molecular complexity index is 1060. The Kier molecular flexibility index (Phi) is 7.62. The highest BCUT2D eigenvalue weighted by atomic mass is 16.7. The fourth-order valence-corrected chi connectivity index (χ4v) is 7.42. The lowest BCUT2D eigenvalue weighted by Crippen LogP contribution is -2.63. The third-order valence-electron chi connectivity index (χ3n) is 9.53. The Morgan fingerprint density at radius 2 is 1.78 bits per heavy atom. The highest BCUT2D eigenvalue weighted by Gasteiger charge is 2.61. The number of ether oxygens (including phenoxy) is 3. The maximum absolute atomic E-state index is 13.1. The van der Waals surface area contributed by atoms with Gasteiger partial charge in [0.1, 0.15) is 5.75 Å². The van der Waals surface area contributed by atoms with E-state index in [9.17, 15) is 9.90 Å². The van der Waals surface area contributed by atoms with Crippen molar-refractivity contribution in [3.8, 4) is 5.75 Å². The van der Waals surface area contributed by atoms with Gasteiger partial charge in [0, 0.05) is 24.8 Å². The minimum absolute atomic E-state index is 0.00640. The van der Waals surface area contributed by atoms with Crippen molar-refractivity contribution in [1.29, 1.82) is 0 Å². The van der Waals surface area contributed by atoms with Crippen LogP contribution in [0.2, 0.25) is 0 Å². The van der Waals surface area contributed by atoms with Gasteiger partial charge in [-0.2, -0.15) is 0 Å². The molecule has 37 heavy (non-hydrogen) atoms. The van der Waals surface area contributed by atoms with Gasteiger partial charge in [-0.05, 0) is 66.2 Å². The summed E-state index contributed by atoms with van der Waals surface area (Å²) in [5.41, 5.74) is 1.98. The molecule has 7 unspecified atom stereocenters. The number of hydrogen-bond donors (Lipinski definition) is 2. The largest absolute Gasteiger partial charge is 0.497 e. The smallest absolute Gasteiger partial charge is 0.220 e. The molecule has 0 bridgehead atoms. The third kappa shape index (κ3) is 5.29. The molecule has 0 radical (unpaired) electrons. The third-order valence-corrected chi connectivity index (χ3v) is 9.53. The Morgan fingerprint density at radius 3 is 2.51 bits per heavy atom. The van der Waals surface area contributed by atoms with Gasteiger partial charge >= 0.3 is 0 Å². The molecule has 6 heteroatoms. The van der Waals surface area contributed by atoms with E-state index in [4.69, 9.17) is 14.2 Å². The first kappa shape index (κ1) is 26.2. The number of hydrogen-bond acceptors (Lipinski definition) is 5. The number of amides is 1. The number of fused-ring (bicyclic) bond motifs is 3. The van der Waals surface area contributed by atoms with Crippen LogP contribution in [0.4, 0.5) is 0 Å². The lowest BCUT2D eigenvalue weighted by Gasteiger charge is -2.63. The molecular weight excluding hydrogens is 466 g/mol. The Hall–Kier alpha value is -2.41. The van der Waals surface area contributed by atoms with Crippen molar-refractivity contribution in [2.75, 3.05) is 13.7 Å². The number of aliphatic hydroxyl groups excluding tert-OH is 1. The molecule has 2 saturated carbocycles. The summed E-state index contributed by atoms with van der Waals surface area (Å²) < 4.78 is 18.1. The van der Waals surface area contributed by atoms with Crippen molar-refractivity contribution in [3.05, 3.63) is 65.7 Å². The van der Waals surface area contributed by atoms with Crippen molar-refractivity contribution in [1.82, 2.24) is 5.32 Å². The van der Waals surface area contributed by atoms with E-state index < -0.39 is 6.10 Å². The number of methoxy groups -OCH3 is 1. The van der Waals surface area contributed by atoms with Crippen LogP contribution >= 0.6 is 0 Å². The van der Waals surface area contributed by atoms with E-state index in [-0.39, 0.29) is 35.0 Å². The first-order valence-corrected chi connectivity index (χ1v) is 13.7.